The normalized spacial score (nSPS) is 16.8. The highest BCUT2D eigenvalue weighted by Crippen LogP contribution is 2.42. The molecule has 322 valence electrons. The number of aliphatic hydroxyl groups is 1. The minimum atomic E-state index is -2.25. The third-order valence-corrected chi connectivity index (χ3v) is 18.4. The summed E-state index contributed by atoms with van der Waals surface area (Å²) in [5.74, 6) is -0.104. The van der Waals surface area contributed by atoms with Gasteiger partial charge in [-0.15, -0.1) is 22.7 Å². The third kappa shape index (κ3) is 10.4. The van der Waals surface area contributed by atoms with E-state index < -0.39 is 19.9 Å². The van der Waals surface area contributed by atoms with E-state index in [1.54, 1.807) is 31.4 Å². The highest BCUT2D eigenvalue weighted by Gasteiger charge is 2.45. The SMILES string of the molecule is COc1cc(NC(=O)CCN(C)C2CCC(OC(=O)C(O)(c3cccs3)c3cccs3)CC2)ccc1CNC[C@@H](O[Si](C)(C)C(C)(C)C)c1ccc(O)c2[nH]c(=O)ccc12. The van der Waals surface area contributed by atoms with Gasteiger partial charge in [-0.1, -0.05) is 45.0 Å². The van der Waals surface area contributed by atoms with Gasteiger partial charge in [-0.2, -0.15) is 0 Å². The van der Waals surface area contributed by atoms with Crippen LogP contribution in [-0.2, 0) is 30.9 Å². The number of aromatic nitrogens is 1. The van der Waals surface area contributed by atoms with Crippen molar-refractivity contribution in [2.45, 2.75) is 101 Å². The zero-order valence-electron chi connectivity index (χ0n) is 35.5. The minimum Gasteiger partial charge on any atom is -0.506 e. The molecule has 6 rings (SSSR count). The van der Waals surface area contributed by atoms with Gasteiger partial charge in [0.1, 0.15) is 17.6 Å². The van der Waals surface area contributed by atoms with Crippen molar-refractivity contribution in [2.24, 2.45) is 0 Å². The van der Waals surface area contributed by atoms with Crippen LogP contribution in [0.4, 0.5) is 5.69 Å². The Balaban J connectivity index is 1.00. The lowest BCUT2D eigenvalue weighted by molar-refractivity contribution is -0.169. The van der Waals surface area contributed by atoms with Gasteiger partial charge in [0.25, 0.3) is 0 Å². The van der Waals surface area contributed by atoms with Gasteiger partial charge < -0.3 is 44.6 Å². The number of thiophene rings is 2. The molecule has 0 bridgehead atoms. The molecule has 0 saturated heterocycles. The number of phenolic OH excluding ortho intramolecular Hbond substituents is 1. The highest BCUT2D eigenvalue weighted by molar-refractivity contribution is 7.12. The van der Waals surface area contributed by atoms with Crippen molar-refractivity contribution in [2.75, 3.05) is 32.6 Å². The predicted octanol–water partition coefficient (Wildman–Crippen LogP) is 8.27. The number of methoxy groups -OCH3 is 1. The molecule has 1 atom stereocenters. The van der Waals surface area contributed by atoms with Crippen LogP contribution in [0.3, 0.4) is 0 Å². The molecule has 1 saturated carbocycles. The molecule has 2 aromatic carbocycles. The quantitative estimate of drug-likeness (QED) is 0.0454. The van der Waals surface area contributed by atoms with Crippen LogP contribution in [0.15, 0.2) is 82.3 Å². The number of nitrogens with zero attached hydrogens (tertiary/aromatic N) is 1. The minimum absolute atomic E-state index is 0.00434. The number of pyridine rings is 1. The summed E-state index contributed by atoms with van der Waals surface area (Å²) in [5, 5.41) is 33.1. The van der Waals surface area contributed by atoms with E-state index in [4.69, 9.17) is 13.9 Å². The molecule has 1 aliphatic rings. The van der Waals surface area contributed by atoms with Crippen molar-refractivity contribution in [3.05, 3.63) is 109 Å². The van der Waals surface area contributed by atoms with Gasteiger partial charge in [-0.3, -0.25) is 9.59 Å². The van der Waals surface area contributed by atoms with Gasteiger partial charge in [0.05, 0.1) is 28.5 Å². The molecular weight excluding hydrogens is 817 g/mol. The summed E-state index contributed by atoms with van der Waals surface area (Å²) < 4.78 is 18.6. The lowest BCUT2D eigenvalue weighted by atomic mass is 9.91. The Kier molecular flexibility index (Phi) is 14.4. The smallest absolute Gasteiger partial charge is 0.349 e. The molecule has 3 heterocycles. The van der Waals surface area contributed by atoms with E-state index in [9.17, 15) is 24.6 Å². The molecule has 5 N–H and O–H groups in total. The lowest BCUT2D eigenvalue weighted by Crippen LogP contribution is -2.43. The molecule has 0 aliphatic heterocycles. The van der Waals surface area contributed by atoms with Gasteiger partial charge in [0, 0.05) is 60.9 Å². The summed E-state index contributed by atoms with van der Waals surface area (Å²) in [7, 11) is 1.38. The number of esters is 1. The van der Waals surface area contributed by atoms with Gasteiger partial charge in [-0.25, -0.2) is 4.79 Å². The fraction of sp³-hybridized carbons (Fsp3) is 0.444. The largest absolute Gasteiger partial charge is 0.506 e. The molecule has 0 radical (unpaired) electrons. The van der Waals surface area contributed by atoms with Crippen LogP contribution in [0.2, 0.25) is 18.1 Å². The Labute approximate surface area is 361 Å². The fourth-order valence-electron chi connectivity index (χ4n) is 7.41. The van der Waals surface area contributed by atoms with E-state index >= 15 is 0 Å². The number of rotatable bonds is 17. The van der Waals surface area contributed by atoms with Crippen molar-refractivity contribution in [1.82, 2.24) is 15.2 Å². The number of H-pyrrole nitrogens is 1. The number of benzene rings is 2. The Hall–Kier alpha value is -4.35. The van der Waals surface area contributed by atoms with Gasteiger partial charge in [0.2, 0.25) is 17.1 Å². The number of carbonyl (C=O) groups is 2. The maximum absolute atomic E-state index is 13.4. The van der Waals surface area contributed by atoms with Crippen LogP contribution in [0.1, 0.15) is 79.9 Å². The number of carbonyl (C=O) groups excluding carboxylic acids is 2. The first kappa shape index (κ1) is 45.2. The fourth-order valence-corrected chi connectivity index (χ4v) is 10.4. The third-order valence-electron chi connectivity index (χ3n) is 12.0. The summed E-state index contributed by atoms with van der Waals surface area (Å²) in [5.41, 5.74) is 0.693. The topological polar surface area (TPSA) is 162 Å². The zero-order chi connectivity index (χ0) is 43.2. The maximum Gasteiger partial charge on any atom is 0.349 e. The first-order chi connectivity index (χ1) is 28.5. The van der Waals surface area contributed by atoms with Crippen molar-refractivity contribution < 1.29 is 33.7 Å². The van der Waals surface area contributed by atoms with Crippen LogP contribution >= 0.6 is 22.7 Å². The summed E-state index contributed by atoms with van der Waals surface area (Å²) in [6.07, 6.45) is 2.65. The highest BCUT2D eigenvalue weighted by atomic mass is 32.1. The van der Waals surface area contributed by atoms with E-state index in [-0.39, 0.29) is 40.5 Å². The van der Waals surface area contributed by atoms with Crippen molar-refractivity contribution in [1.29, 1.82) is 0 Å². The standard InChI is InChI=1S/C45H58N4O8S2Si/c1-44(2,3)60(6,7)57-37(33-18-20-35(50)42-34(33)19-21-40(51)48-42)28-46-27-29-12-13-30(26-36(29)55-5)47-41(52)22-23-49(4)31-14-16-32(17-15-31)56-43(53)45(54,38-10-8-24-58-38)39-11-9-25-59-39/h8-13,18-21,24-26,31-32,37,46,50,54H,14-17,22-23,27-28H2,1-7H3,(H,47,52)(H,48,51)/t31?,32?,37-/m1/s1. The van der Waals surface area contributed by atoms with E-state index in [1.165, 1.54) is 28.7 Å². The number of amides is 1. The number of aromatic amines is 1. The van der Waals surface area contributed by atoms with Gasteiger partial charge in [-0.05, 0) is 97.5 Å². The van der Waals surface area contributed by atoms with Crippen molar-refractivity contribution >= 4 is 59.5 Å². The van der Waals surface area contributed by atoms with E-state index in [1.807, 2.05) is 54.2 Å². The lowest BCUT2D eigenvalue weighted by Gasteiger charge is -2.39. The zero-order valence-corrected chi connectivity index (χ0v) is 38.1. The molecule has 60 heavy (non-hydrogen) atoms. The second kappa shape index (κ2) is 19.1. The summed E-state index contributed by atoms with van der Waals surface area (Å²) >= 11 is 2.66. The number of ether oxygens (including phenoxy) is 2. The second-order valence-electron chi connectivity index (χ2n) is 17.1. The van der Waals surface area contributed by atoms with Crippen LogP contribution < -0.4 is 20.9 Å². The Morgan fingerprint density at radius 3 is 2.28 bits per heavy atom. The number of fused-ring (bicyclic) bond motifs is 1. The Morgan fingerprint density at radius 1 is 0.983 bits per heavy atom. The van der Waals surface area contributed by atoms with E-state index in [0.717, 1.165) is 29.4 Å². The average molecular weight is 875 g/mol. The molecule has 3 aromatic heterocycles. The molecule has 1 fully saturated rings. The second-order valence-corrected chi connectivity index (χ2v) is 23.7. The Morgan fingerprint density at radius 2 is 1.67 bits per heavy atom. The number of aromatic hydroxyl groups is 1. The van der Waals surface area contributed by atoms with Crippen molar-refractivity contribution in [3.63, 3.8) is 0 Å². The van der Waals surface area contributed by atoms with Gasteiger partial charge in [0.15, 0.2) is 8.32 Å². The molecule has 5 aromatic rings. The van der Waals surface area contributed by atoms with Crippen LogP contribution in [-0.4, -0.2) is 79.7 Å². The molecule has 0 unspecified atom stereocenters. The number of nitrogens with one attached hydrogen (secondary N) is 3. The maximum atomic E-state index is 13.4. The number of anilines is 1. The number of phenols is 1. The molecule has 1 aliphatic carbocycles. The Bertz CT molecular complexity index is 2250. The number of hydrogen-bond donors (Lipinski definition) is 5. The first-order valence-electron chi connectivity index (χ1n) is 20.4. The first-order valence-corrected chi connectivity index (χ1v) is 25.1. The van der Waals surface area contributed by atoms with E-state index in [2.05, 4.69) is 54.4 Å². The monoisotopic (exact) mass is 874 g/mol. The van der Waals surface area contributed by atoms with Crippen LogP contribution in [0, 0.1) is 0 Å². The molecular formula is C45H58N4O8S2Si. The van der Waals surface area contributed by atoms with Gasteiger partial charge >= 0.3 is 5.97 Å². The summed E-state index contributed by atoms with van der Waals surface area (Å²) in [6.45, 7) is 12.5. The predicted molar refractivity (Wildman–Crippen MR) is 242 cm³/mol. The molecule has 15 heteroatoms. The van der Waals surface area contributed by atoms with Crippen LogP contribution in [0.5, 0.6) is 11.5 Å². The van der Waals surface area contributed by atoms with Crippen LogP contribution in [0.25, 0.3) is 10.9 Å². The van der Waals surface area contributed by atoms with Crippen molar-refractivity contribution in [3.8, 4) is 11.5 Å². The average Bonchev–Trinajstić information content (AvgIpc) is 3.97. The summed E-state index contributed by atoms with van der Waals surface area (Å²) in [4.78, 5) is 44.7. The molecule has 12 nitrogen and oxygen atoms in total. The number of hydrogen-bond acceptors (Lipinski definition) is 12. The molecule has 0 spiro atoms. The summed E-state index contributed by atoms with van der Waals surface area (Å²) in [6, 6.07) is 19.7. The van der Waals surface area contributed by atoms with E-state index in [0.29, 0.717) is 65.6 Å². The molecule has 1 amide bonds.